The lowest BCUT2D eigenvalue weighted by atomic mass is 9.98. The van der Waals surface area contributed by atoms with E-state index >= 15 is 0 Å². The van der Waals surface area contributed by atoms with E-state index < -0.39 is 0 Å². The van der Waals surface area contributed by atoms with E-state index in [1.807, 2.05) is 4.68 Å². The fourth-order valence-electron chi connectivity index (χ4n) is 3.49. The van der Waals surface area contributed by atoms with E-state index in [9.17, 15) is 0 Å². The zero-order chi connectivity index (χ0) is 17.8. The molecule has 0 amide bonds. The molecule has 5 heteroatoms. The van der Waals surface area contributed by atoms with Crippen molar-refractivity contribution in [3.05, 3.63) is 72.3 Å². The summed E-state index contributed by atoms with van der Waals surface area (Å²) in [5, 5.41) is 7.82. The van der Waals surface area contributed by atoms with Crippen LogP contribution in [0.25, 0.3) is 11.1 Å². The first-order valence-electron chi connectivity index (χ1n) is 9.14. The van der Waals surface area contributed by atoms with E-state index in [0.29, 0.717) is 12.1 Å². The fourth-order valence-corrected chi connectivity index (χ4v) is 3.49. The first-order chi connectivity index (χ1) is 12.8. The summed E-state index contributed by atoms with van der Waals surface area (Å²) in [7, 11) is 0. The van der Waals surface area contributed by atoms with Crippen LogP contribution >= 0.6 is 0 Å². The lowest BCUT2D eigenvalue weighted by molar-refractivity contribution is 0.113. The van der Waals surface area contributed by atoms with Gasteiger partial charge in [-0.1, -0.05) is 48.5 Å². The zero-order valence-corrected chi connectivity index (χ0v) is 15.0. The minimum absolute atomic E-state index is 0.290. The molecule has 5 nitrogen and oxygen atoms in total. The molecule has 1 aliphatic heterocycles. The Labute approximate surface area is 154 Å². The summed E-state index contributed by atoms with van der Waals surface area (Å²) in [4.78, 5) is 3.99. The van der Waals surface area contributed by atoms with Crippen LogP contribution in [0.3, 0.4) is 0 Å². The normalized spacial score (nSPS) is 19.7. The molecule has 0 bridgehead atoms. The van der Waals surface area contributed by atoms with Crippen LogP contribution in [-0.2, 0) is 17.8 Å². The van der Waals surface area contributed by atoms with Crippen LogP contribution < -0.4 is 5.32 Å². The van der Waals surface area contributed by atoms with Crippen molar-refractivity contribution in [1.82, 2.24) is 20.1 Å². The molecule has 134 valence electrons. The number of rotatable bonds is 6. The summed E-state index contributed by atoms with van der Waals surface area (Å²) < 4.78 is 7.48. The largest absolute Gasteiger partial charge is 0.377 e. The Hall–Kier alpha value is -2.50. The standard InChI is InChI=1S/C21H24N4O/c1-16-21(10-11-26-16)23-12-19-4-2-3-5-20(19)18-8-6-17(7-9-18)13-25-15-22-14-24-25/h2-9,14-16,21,23H,10-13H2,1H3. The van der Waals surface area contributed by atoms with Crippen LogP contribution in [0.15, 0.2) is 61.2 Å². The number of ether oxygens (including phenoxy) is 1. The van der Waals surface area contributed by atoms with E-state index in [1.54, 1.807) is 12.7 Å². The molecular formula is C21H24N4O. The zero-order valence-electron chi connectivity index (χ0n) is 15.0. The van der Waals surface area contributed by atoms with E-state index in [2.05, 4.69) is 70.9 Å². The highest BCUT2D eigenvalue weighted by Gasteiger charge is 2.23. The van der Waals surface area contributed by atoms with E-state index in [4.69, 9.17) is 4.74 Å². The second-order valence-electron chi connectivity index (χ2n) is 6.80. The predicted octanol–water partition coefficient (Wildman–Crippen LogP) is 3.26. The van der Waals surface area contributed by atoms with Gasteiger partial charge < -0.3 is 10.1 Å². The van der Waals surface area contributed by atoms with Crippen LogP contribution in [-0.4, -0.2) is 33.5 Å². The topological polar surface area (TPSA) is 52.0 Å². The molecule has 0 radical (unpaired) electrons. The molecule has 1 fully saturated rings. The second-order valence-corrected chi connectivity index (χ2v) is 6.80. The SMILES string of the molecule is CC1OCCC1NCc1ccccc1-c1ccc(Cn2cncn2)cc1. The quantitative estimate of drug-likeness (QED) is 0.743. The van der Waals surface area contributed by atoms with Crippen molar-refractivity contribution in [2.24, 2.45) is 0 Å². The monoisotopic (exact) mass is 348 g/mol. The lowest BCUT2D eigenvalue weighted by Crippen LogP contribution is -2.34. The Morgan fingerprint density at radius 3 is 2.73 bits per heavy atom. The average Bonchev–Trinajstić information content (AvgIpc) is 3.33. The van der Waals surface area contributed by atoms with Crippen LogP contribution in [0.4, 0.5) is 0 Å². The maximum Gasteiger partial charge on any atom is 0.137 e. The summed E-state index contributed by atoms with van der Waals surface area (Å²) in [6.45, 7) is 4.59. The van der Waals surface area contributed by atoms with Gasteiger partial charge in [0.25, 0.3) is 0 Å². The maximum absolute atomic E-state index is 5.65. The smallest absolute Gasteiger partial charge is 0.137 e. The molecule has 2 atom stereocenters. The molecule has 26 heavy (non-hydrogen) atoms. The molecule has 1 N–H and O–H groups in total. The molecule has 2 heterocycles. The Balaban J connectivity index is 1.48. The average molecular weight is 348 g/mol. The Morgan fingerprint density at radius 2 is 2.00 bits per heavy atom. The minimum Gasteiger partial charge on any atom is -0.377 e. The van der Waals surface area contributed by atoms with Gasteiger partial charge in [0, 0.05) is 19.2 Å². The molecule has 2 aromatic carbocycles. The lowest BCUT2D eigenvalue weighted by Gasteiger charge is -2.18. The molecule has 2 unspecified atom stereocenters. The first-order valence-corrected chi connectivity index (χ1v) is 9.14. The molecule has 0 saturated carbocycles. The van der Waals surface area contributed by atoms with Crippen LogP contribution in [0, 0.1) is 0 Å². The van der Waals surface area contributed by atoms with Gasteiger partial charge in [0.2, 0.25) is 0 Å². The summed E-state index contributed by atoms with van der Waals surface area (Å²) in [6, 6.07) is 17.7. The Kier molecular flexibility index (Phi) is 5.09. The maximum atomic E-state index is 5.65. The van der Waals surface area contributed by atoms with Crippen LogP contribution in [0.2, 0.25) is 0 Å². The van der Waals surface area contributed by atoms with Gasteiger partial charge in [-0.3, -0.25) is 0 Å². The molecular weight excluding hydrogens is 324 g/mol. The van der Waals surface area contributed by atoms with Gasteiger partial charge in [-0.05, 0) is 35.6 Å². The van der Waals surface area contributed by atoms with Crippen molar-refractivity contribution in [3.63, 3.8) is 0 Å². The summed E-state index contributed by atoms with van der Waals surface area (Å²) in [5.41, 5.74) is 5.04. The highest BCUT2D eigenvalue weighted by Crippen LogP contribution is 2.25. The number of hydrogen-bond acceptors (Lipinski definition) is 4. The van der Waals surface area contributed by atoms with Gasteiger partial charge in [-0.25, -0.2) is 9.67 Å². The van der Waals surface area contributed by atoms with Gasteiger partial charge in [0.05, 0.1) is 12.6 Å². The third-order valence-corrected chi connectivity index (χ3v) is 5.02. The predicted molar refractivity (Wildman–Crippen MR) is 102 cm³/mol. The van der Waals surface area contributed by atoms with Gasteiger partial charge in [0.1, 0.15) is 12.7 Å². The second kappa shape index (κ2) is 7.81. The van der Waals surface area contributed by atoms with E-state index in [-0.39, 0.29) is 0 Å². The minimum atomic E-state index is 0.290. The Bertz CT molecular complexity index is 829. The Morgan fingerprint density at radius 1 is 1.15 bits per heavy atom. The van der Waals surface area contributed by atoms with E-state index in [1.165, 1.54) is 22.3 Å². The highest BCUT2D eigenvalue weighted by molar-refractivity contribution is 5.67. The highest BCUT2D eigenvalue weighted by atomic mass is 16.5. The number of benzene rings is 2. The van der Waals surface area contributed by atoms with Gasteiger partial charge >= 0.3 is 0 Å². The molecule has 0 aliphatic carbocycles. The van der Waals surface area contributed by atoms with Gasteiger partial charge in [0.15, 0.2) is 0 Å². The van der Waals surface area contributed by atoms with Crippen molar-refractivity contribution in [2.75, 3.05) is 6.61 Å². The van der Waals surface area contributed by atoms with Crippen molar-refractivity contribution >= 4 is 0 Å². The molecule has 0 spiro atoms. The van der Waals surface area contributed by atoms with Gasteiger partial charge in [-0.15, -0.1) is 0 Å². The molecule has 1 aromatic heterocycles. The van der Waals surface area contributed by atoms with Crippen molar-refractivity contribution in [1.29, 1.82) is 0 Å². The van der Waals surface area contributed by atoms with Crippen molar-refractivity contribution in [3.8, 4) is 11.1 Å². The van der Waals surface area contributed by atoms with Crippen LogP contribution in [0.5, 0.6) is 0 Å². The van der Waals surface area contributed by atoms with Crippen molar-refractivity contribution in [2.45, 2.75) is 38.6 Å². The summed E-state index contributed by atoms with van der Waals surface area (Å²) in [5.74, 6) is 0. The molecule has 1 aliphatic rings. The molecule has 1 saturated heterocycles. The van der Waals surface area contributed by atoms with E-state index in [0.717, 1.165) is 26.1 Å². The molecule has 4 rings (SSSR count). The third-order valence-electron chi connectivity index (χ3n) is 5.02. The van der Waals surface area contributed by atoms with Crippen molar-refractivity contribution < 1.29 is 4.74 Å². The first kappa shape index (κ1) is 16.9. The summed E-state index contributed by atoms with van der Waals surface area (Å²) in [6.07, 6.45) is 4.68. The number of nitrogens with zero attached hydrogens (tertiary/aromatic N) is 3. The third kappa shape index (κ3) is 3.84. The number of aromatic nitrogens is 3. The number of hydrogen-bond donors (Lipinski definition) is 1. The summed E-state index contributed by atoms with van der Waals surface area (Å²) >= 11 is 0. The van der Waals surface area contributed by atoms with Crippen LogP contribution in [0.1, 0.15) is 24.5 Å². The van der Waals surface area contributed by atoms with Gasteiger partial charge in [-0.2, -0.15) is 5.10 Å². The molecule has 3 aromatic rings. The number of nitrogens with one attached hydrogen (secondary N) is 1. The fraction of sp³-hybridized carbons (Fsp3) is 0.333.